The normalized spacial score (nSPS) is 10.3. The molecule has 0 bridgehead atoms. The molecule has 0 saturated heterocycles. The van der Waals surface area contributed by atoms with Crippen molar-refractivity contribution in [1.29, 1.82) is 0 Å². The maximum absolute atomic E-state index is 11.9. The second-order valence-corrected chi connectivity index (χ2v) is 4.85. The highest BCUT2D eigenvalue weighted by atomic mass is 79.9. The van der Waals surface area contributed by atoms with Gasteiger partial charge in [-0.25, -0.2) is 0 Å². The number of hydrogen-bond acceptors (Lipinski definition) is 3. The van der Waals surface area contributed by atoms with Crippen molar-refractivity contribution in [3.05, 3.63) is 52.3 Å². The van der Waals surface area contributed by atoms with E-state index in [4.69, 9.17) is 0 Å². The highest BCUT2D eigenvalue weighted by Crippen LogP contribution is 2.14. The number of hydrogen-bond donors (Lipinski definition) is 0. The van der Waals surface area contributed by atoms with E-state index in [1.807, 2.05) is 6.07 Å². The molecule has 0 fully saturated rings. The van der Waals surface area contributed by atoms with Crippen LogP contribution < -0.4 is 0 Å². The number of carbonyl (C=O) groups excluding carboxylic acids is 2. The fourth-order valence-corrected chi connectivity index (χ4v) is 1.98. The van der Waals surface area contributed by atoms with Crippen LogP contribution in [0.25, 0.3) is 0 Å². The van der Waals surface area contributed by atoms with E-state index in [2.05, 4.69) is 21.0 Å². The van der Waals surface area contributed by atoms with Gasteiger partial charge in [-0.05, 0) is 12.1 Å². The zero-order valence-corrected chi connectivity index (χ0v) is 11.3. The molecule has 0 aliphatic carbocycles. The molecule has 1 heterocycles. The summed E-state index contributed by atoms with van der Waals surface area (Å²) >= 11 is 3.29. The molecule has 0 radical (unpaired) electrons. The van der Waals surface area contributed by atoms with E-state index in [0.29, 0.717) is 11.1 Å². The molecule has 0 unspecified atom stereocenters. The Kier molecular flexibility index (Phi) is 3.72. The molecule has 0 aliphatic heterocycles. The second kappa shape index (κ2) is 5.27. The number of aryl methyl sites for hydroxylation is 1. The molecule has 4 nitrogen and oxygen atoms in total. The van der Waals surface area contributed by atoms with Crippen molar-refractivity contribution in [2.24, 2.45) is 7.05 Å². The van der Waals surface area contributed by atoms with E-state index >= 15 is 0 Å². The molecule has 0 spiro atoms. The summed E-state index contributed by atoms with van der Waals surface area (Å²) < 4.78 is 2.36. The molecule has 1 aromatic heterocycles. The summed E-state index contributed by atoms with van der Waals surface area (Å²) in [7, 11) is 1.73. The predicted molar refractivity (Wildman–Crippen MR) is 70.6 cm³/mol. The van der Waals surface area contributed by atoms with E-state index in [1.165, 1.54) is 10.9 Å². The molecule has 2 aromatic rings. The molecule has 18 heavy (non-hydrogen) atoms. The molecular weight excluding hydrogens is 296 g/mol. The smallest absolute Gasteiger partial charge is 0.173 e. The van der Waals surface area contributed by atoms with Gasteiger partial charge in [-0.3, -0.25) is 14.3 Å². The number of rotatable bonds is 4. The second-order valence-electron chi connectivity index (χ2n) is 3.94. The molecule has 2 rings (SSSR count). The molecule has 0 saturated carbocycles. The van der Waals surface area contributed by atoms with Crippen LogP contribution in [0, 0.1) is 0 Å². The first-order valence-electron chi connectivity index (χ1n) is 5.37. The Hall–Kier alpha value is -1.75. The van der Waals surface area contributed by atoms with Gasteiger partial charge >= 0.3 is 0 Å². The lowest BCUT2D eigenvalue weighted by molar-refractivity contribution is 0.0894. The maximum atomic E-state index is 11.9. The van der Waals surface area contributed by atoms with Crippen LogP contribution in [-0.4, -0.2) is 21.3 Å². The minimum absolute atomic E-state index is 0.137. The summed E-state index contributed by atoms with van der Waals surface area (Å²) in [5, 5.41) is 3.91. The van der Waals surface area contributed by atoms with Gasteiger partial charge in [0.2, 0.25) is 0 Å². The highest BCUT2D eigenvalue weighted by molar-refractivity contribution is 9.10. The predicted octanol–water partition coefficient (Wildman–Crippen LogP) is 2.64. The van der Waals surface area contributed by atoms with Crippen molar-refractivity contribution in [1.82, 2.24) is 9.78 Å². The fraction of sp³-hybridized carbons (Fsp3) is 0.154. The first kappa shape index (κ1) is 12.7. The summed E-state index contributed by atoms with van der Waals surface area (Å²) in [5.74, 6) is -0.404. The summed E-state index contributed by atoms with van der Waals surface area (Å²) in [6, 6.07) is 7.01. The molecule has 1 aromatic carbocycles. The summed E-state index contributed by atoms with van der Waals surface area (Å²) in [5.41, 5.74) is 0.988. The van der Waals surface area contributed by atoms with Crippen LogP contribution in [0.3, 0.4) is 0 Å². The first-order valence-corrected chi connectivity index (χ1v) is 6.16. The Morgan fingerprint density at radius 3 is 2.61 bits per heavy atom. The van der Waals surface area contributed by atoms with Gasteiger partial charge in [0.25, 0.3) is 0 Å². The summed E-state index contributed by atoms with van der Waals surface area (Å²) in [6.07, 6.45) is 2.94. The summed E-state index contributed by atoms with van der Waals surface area (Å²) in [4.78, 5) is 23.8. The van der Waals surface area contributed by atoms with Gasteiger partial charge in [0.05, 0.1) is 18.2 Å². The Bertz CT molecular complexity index is 605. The van der Waals surface area contributed by atoms with Crippen LogP contribution in [-0.2, 0) is 7.05 Å². The van der Waals surface area contributed by atoms with Crippen LogP contribution in [0.1, 0.15) is 27.1 Å². The molecule has 5 heteroatoms. The lowest BCUT2D eigenvalue weighted by Crippen LogP contribution is -2.08. The monoisotopic (exact) mass is 306 g/mol. The van der Waals surface area contributed by atoms with Crippen LogP contribution in [0.15, 0.2) is 41.1 Å². The van der Waals surface area contributed by atoms with E-state index in [0.717, 1.165) is 4.47 Å². The molecule has 0 N–H and O–H groups in total. The van der Waals surface area contributed by atoms with E-state index < -0.39 is 0 Å². The third-order valence-corrected chi connectivity index (χ3v) is 2.99. The zero-order chi connectivity index (χ0) is 13.1. The van der Waals surface area contributed by atoms with Gasteiger partial charge < -0.3 is 0 Å². The minimum atomic E-state index is -0.215. The van der Waals surface area contributed by atoms with Crippen LogP contribution in [0.2, 0.25) is 0 Å². The number of nitrogens with zero attached hydrogens (tertiary/aromatic N) is 2. The molecule has 0 amide bonds. The lowest BCUT2D eigenvalue weighted by atomic mass is 10.0. The van der Waals surface area contributed by atoms with Crippen molar-refractivity contribution in [3.63, 3.8) is 0 Å². The van der Waals surface area contributed by atoms with Crippen molar-refractivity contribution in [3.8, 4) is 0 Å². The average molecular weight is 307 g/mol. The molecule has 0 aliphatic rings. The molecule has 0 atom stereocenters. The number of carbonyl (C=O) groups is 2. The van der Waals surface area contributed by atoms with Crippen LogP contribution >= 0.6 is 15.9 Å². The summed E-state index contributed by atoms with van der Waals surface area (Å²) in [6.45, 7) is 0. The number of aromatic nitrogens is 2. The van der Waals surface area contributed by atoms with Crippen molar-refractivity contribution >= 4 is 27.5 Å². The van der Waals surface area contributed by atoms with Gasteiger partial charge in [0, 0.05) is 23.3 Å². The number of Topliss-reactive ketones (excluding diaryl/α,β-unsaturated/α-hetero) is 2. The van der Waals surface area contributed by atoms with Gasteiger partial charge in [-0.1, -0.05) is 28.1 Å². The Balaban J connectivity index is 2.10. The minimum Gasteiger partial charge on any atom is -0.294 e. The zero-order valence-electron chi connectivity index (χ0n) is 9.76. The topological polar surface area (TPSA) is 52.0 Å². The standard InChI is InChI=1S/C13H11BrN2O2/c1-16-8-10(7-15-16)13(18)6-12(17)9-3-2-4-11(14)5-9/h2-5,7-8H,6H2,1H3. The van der Waals surface area contributed by atoms with Gasteiger partial charge in [-0.15, -0.1) is 0 Å². The quantitative estimate of drug-likeness (QED) is 0.644. The number of ketones is 2. The Labute approximate surface area is 113 Å². The maximum Gasteiger partial charge on any atom is 0.173 e. The van der Waals surface area contributed by atoms with Crippen molar-refractivity contribution < 1.29 is 9.59 Å². The lowest BCUT2D eigenvalue weighted by Gasteiger charge is -2.00. The highest BCUT2D eigenvalue weighted by Gasteiger charge is 2.15. The Morgan fingerprint density at radius 1 is 1.28 bits per heavy atom. The van der Waals surface area contributed by atoms with Crippen LogP contribution in [0.4, 0.5) is 0 Å². The first-order chi connectivity index (χ1) is 8.56. The fourth-order valence-electron chi connectivity index (χ4n) is 1.58. The van der Waals surface area contributed by atoms with Crippen molar-refractivity contribution in [2.45, 2.75) is 6.42 Å². The molecular formula is C13H11BrN2O2. The van der Waals surface area contributed by atoms with Crippen molar-refractivity contribution in [2.75, 3.05) is 0 Å². The van der Waals surface area contributed by atoms with Gasteiger partial charge in [-0.2, -0.15) is 5.10 Å². The number of benzene rings is 1. The molecule has 92 valence electrons. The SMILES string of the molecule is Cn1cc(C(=O)CC(=O)c2cccc(Br)c2)cn1. The third-order valence-electron chi connectivity index (χ3n) is 2.49. The van der Waals surface area contributed by atoms with Gasteiger partial charge in [0.1, 0.15) is 0 Å². The third kappa shape index (κ3) is 2.92. The van der Waals surface area contributed by atoms with Gasteiger partial charge in [0.15, 0.2) is 11.6 Å². The Morgan fingerprint density at radius 2 is 2.00 bits per heavy atom. The number of halogens is 1. The van der Waals surface area contributed by atoms with E-state index in [9.17, 15) is 9.59 Å². The van der Waals surface area contributed by atoms with E-state index in [1.54, 1.807) is 31.4 Å². The van der Waals surface area contributed by atoms with Crippen LogP contribution in [0.5, 0.6) is 0 Å². The largest absolute Gasteiger partial charge is 0.294 e. The van der Waals surface area contributed by atoms with E-state index in [-0.39, 0.29) is 18.0 Å². The average Bonchev–Trinajstić information content (AvgIpc) is 2.76.